The summed E-state index contributed by atoms with van der Waals surface area (Å²) in [4.78, 5) is 20.8. The number of rotatable bonds is 4. The number of nitrogens with one attached hydrogen (secondary N) is 1. The lowest BCUT2D eigenvalue weighted by Gasteiger charge is -2.08. The Hall–Kier alpha value is -1.12. The van der Waals surface area contributed by atoms with Crippen LogP contribution in [0.5, 0.6) is 0 Å². The fraction of sp³-hybridized carbons (Fsp3) is 0.556. The molecular formula is C9H15NO2. The minimum atomic E-state index is -0.244. The van der Waals surface area contributed by atoms with E-state index in [1.807, 2.05) is 26.8 Å². The van der Waals surface area contributed by atoms with Crippen molar-refractivity contribution in [1.29, 1.82) is 0 Å². The van der Waals surface area contributed by atoms with Gasteiger partial charge in [-0.15, -0.1) is 0 Å². The Labute approximate surface area is 72.8 Å². The van der Waals surface area contributed by atoms with Gasteiger partial charge in [0.2, 0.25) is 12.3 Å². The van der Waals surface area contributed by atoms with Crippen LogP contribution in [0.25, 0.3) is 0 Å². The van der Waals surface area contributed by atoms with Crippen molar-refractivity contribution in [1.82, 2.24) is 5.32 Å². The third-order valence-electron chi connectivity index (χ3n) is 1.70. The highest BCUT2D eigenvalue weighted by Gasteiger charge is 2.07. The maximum absolute atomic E-state index is 10.9. The van der Waals surface area contributed by atoms with E-state index in [2.05, 4.69) is 5.32 Å². The van der Waals surface area contributed by atoms with Crippen LogP contribution in [0.15, 0.2) is 11.6 Å². The summed E-state index contributed by atoms with van der Waals surface area (Å²) in [6.07, 6.45) is 2.64. The van der Waals surface area contributed by atoms with Crippen LogP contribution in [0, 0.1) is 5.92 Å². The minimum Gasteiger partial charge on any atom is -0.299 e. The van der Waals surface area contributed by atoms with Crippen LogP contribution in [-0.4, -0.2) is 12.3 Å². The second kappa shape index (κ2) is 5.52. The average Bonchev–Trinajstić information content (AvgIpc) is 2.00. The van der Waals surface area contributed by atoms with Crippen molar-refractivity contribution < 1.29 is 9.59 Å². The quantitative estimate of drug-likeness (QED) is 0.508. The van der Waals surface area contributed by atoms with Crippen LogP contribution in [0.4, 0.5) is 0 Å². The summed E-state index contributed by atoms with van der Waals surface area (Å²) >= 11 is 0. The molecule has 0 atom stereocenters. The zero-order valence-corrected chi connectivity index (χ0v) is 7.76. The molecule has 3 heteroatoms. The van der Waals surface area contributed by atoms with Crippen molar-refractivity contribution in [2.24, 2.45) is 5.92 Å². The third-order valence-corrected chi connectivity index (χ3v) is 1.70. The molecule has 0 bridgehead atoms. The fourth-order valence-corrected chi connectivity index (χ4v) is 0.942. The molecule has 0 aliphatic carbocycles. The van der Waals surface area contributed by atoms with E-state index in [0.717, 1.165) is 5.57 Å². The molecular weight excluding hydrogens is 154 g/mol. The first-order valence-corrected chi connectivity index (χ1v) is 4.00. The number of amides is 2. The standard InChI is InChI=1S/C9H15NO2/c1-4-8(7(2)3)5-9(12)10-6-11/h4,6-7H,5H2,1-3H3,(H,10,11,12)/b8-4+. The van der Waals surface area contributed by atoms with Crippen molar-refractivity contribution in [3.05, 3.63) is 11.6 Å². The highest BCUT2D eigenvalue weighted by atomic mass is 16.2. The summed E-state index contributed by atoms with van der Waals surface area (Å²) in [5.41, 5.74) is 1.05. The Morgan fingerprint density at radius 2 is 2.08 bits per heavy atom. The van der Waals surface area contributed by atoms with Crippen molar-refractivity contribution in [3.8, 4) is 0 Å². The lowest BCUT2D eigenvalue weighted by Crippen LogP contribution is -2.22. The normalized spacial score (nSPS) is 11.5. The van der Waals surface area contributed by atoms with Gasteiger partial charge in [-0.25, -0.2) is 0 Å². The topological polar surface area (TPSA) is 46.2 Å². The van der Waals surface area contributed by atoms with E-state index >= 15 is 0 Å². The van der Waals surface area contributed by atoms with Crippen molar-refractivity contribution in [2.75, 3.05) is 0 Å². The summed E-state index contributed by atoms with van der Waals surface area (Å²) in [7, 11) is 0. The summed E-state index contributed by atoms with van der Waals surface area (Å²) in [6, 6.07) is 0. The highest BCUT2D eigenvalue weighted by molar-refractivity contribution is 5.87. The van der Waals surface area contributed by atoms with Gasteiger partial charge in [-0.2, -0.15) is 0 Å². The van der Waals surface area contributed by atoms with Crippen LogP contribution in [0.3, 0.4) is 0 Å². The predicted molar refractivity (Wildman–Crippen MR) is 47.4 cm³/mol. The van der Waals surface area contributed by atoms with E-state index in [1.54, 1.807) is 0 Å². The first kappa shape index (κ1) is 10.9. The Morgan fingerprint density at radius 1 is 1.50 bits per heavy atom. The number of carbonyl (C=O) groups is 2. The molecule has 0 fully saturated rings. The number of hydrogen-bond acceptors (Lipinski definition) is 2. The van der Waals surface area contributed by atoms with Crippen LogP contribution in [0.1, 0.15) is 27.2 Å². The Balaban J connectivity index is 4.04. The van der Waals surface area contributed by atoms with Crippen LogP contribution >= 0.6 is 0 Å². The first-order valence-electron chi connectivity index (χ1n) is 4.00. The highest BCUT2D eigenvalue weighted by Crippen LogP contribution is 2.12. The maximum atomic E-state index is 10.9. The number of hydrogen-bond donors (Lipinski definition) is 1. The fourth-order valence-electron chi connectivity index (χ4n) is 0.942. The van der Waals surface area contributed by atoms with Gasteiger partial charge in [0.15, 0.2) is 0 Å². The smallest absolute Gasteiger partial charge is 0.230 e. The van der Waals surface area contributed by atoms with Gasteiger partial charge < -0.3 is 0 Å². The van der Waals surface area contributed by atoms with Crippen molar-refractivity contribution in [3.63, 3.8) is 0 Å². The largest absolute Gasteiger partial charge is 0.299 e. The molecule has 68 valence electrons. The zero-order valence-electron chi connectivity index (χ0n) is 7.76. The lowest BCUT2D eigenvalue weighted by atomic mass is 10.00. The molecule has 0 rings (SSSR count). The molecule has 0 aromatic carbocycles. The molecule has 0 spiro atoms. The Bertz CT molecular complexity index is 195. The molecule has 0 aliphatic heterocycles. The third kappa shape index (κ3) is 3.91. The number of imide groups is 1. The van der Waals surface area contributed by atoms with Crippen LogP contribution in [-0.2, 0) is 9.59 Å². The molecule has 0 saturated heterocycles. The van der Waals surface area contributed by atoms with E-state index in [-0.39, 0.29) is 5.91 Å². The van der Waals surface area contributed by atoms with E-state index in [4.69, 9.17) is 0 Å². The molecule has 0 heterocycles. The molecule has 12 heavy (non-hydrogen) atoms. The molecule has 1 N–H and O–H groups in total. The van der Waals surface area contributed by atoms with E-state index < -0.39 is 0 Å². The summed E-state index contributed by atoms with van der Waals surface area (Å²) in [5, 5.41) is 2.10. The SMILES string of the molecule is C/C=C(\CC(=O)NC=O)C(C)C. The molecule has 0 radical (unpaired) electrons. The molecule has 0 aliphatic rings. The summed E-state index contributed by atoms with van der Waals surface area (Å²) < 4.78 is 0. The minimum absolute atomic E-state index is 0.244. The molecule has 0 unspecified atom stereocenters. The van der Waals surface area contributed by atoms with Gasteiger partial charge in [0.25, 0.3) is 0 Å². The van der Waals surface area contributed by atoms with Gasteiger partial charge in [-0.1, -0.05) is 25.5 Å². The summed E-state index contributed by atoms with van der Waals surface area (Å²) in [6.45, 7) is 5.93. The zero-order chi connectivity index (χ0) is 9.56. The molecule has 0 aromatic rings. The van der Waals surface area contributed by atoms with Crippen LogP contribution in [0.2, 0.25) is 0 Å². The van der Waals surface area contributed by atoms with E-state index in [9.17, 15) is 9.59 Å². The molecule has 2 amide bonds. The molecule has 0 aromatic heterocycles. The van der Waals surface area contributed by atoms with Gasteiger partial charge in [0, 0.05) is 6.42 Å². The first-order chi connectivity index (χ1) is 5.61. The maximum Gasteiger partial charge on any atom is 0.230 e. The molecule has 0 saturated carbocycles. The van der Waals surface area contributed by atoms with E-state index in [1.165, 1.54) is 0 Å². The van der Waals surface area contributed by atoms with Gasteiger partial charge in [-0.3, -0.25) is 14.9 Å². The second-order valence-electron chi connectivity index (χ2n) is 2.88. The molecule has 3 nitrogen and oxygen atoms in total. The van der Waals surface area contributed by atoms with Gasteiger partial charge in [0.1, 0.15) is 0 Å². The Kier molecular flexibility index (Phi) is 5.00. The number of carbonyl (C=O) groups excluding carboxylic acids is 2. The van der Waals surface area contributed by atoms with Gasteiger partial charge in [-0.05, 0) is 12.8 Å². The number of allylic oxidation sites excluding steroid dienone is 1. The van der Waals surface area contributed by atoms with Crippen molar-refractivity contribution >= 4 is 12.3 Å². The lowest BCUT2D eigenvalue weighted by molar-refractivity contribution is -0.124. The van der Waals surface area contributed by atoms with Gasteiger partial charge in [0.05, 0.1) is 0 Å². The Morgan fingerprint density at radius 3 is 2.42 bits per heavy atom. The van der Waals surface area contributed by atoms with Crippen molar-refractivity contribution in [2.45, 2.75) is 27.2 Å². The predicted octanol–water partition coefficient (Wildman–Crippen LogP) is 1.25. The van der Waals surface area contributed by atoms with Crippen LogP contribution < -0.4 is 5.32 Å². The average molecular weight is 169 g/mol. The summed E-state index contributed by atoms with van der Waals surface area (Å²) in [5.74, 6) is 0.110. The van der Waals surface area contributed by atoms with E-state index in [0.29, 0.717) is 18.7 Å². The van der Waals surface area contributed by atoms with Gasteiger partial charge >= 0.3 is 0 Å². The monoisotopic (exact) mass is 169 g/mol. The second-order valence-corrected chi connectivity index (χ2v) is 2.88.